The van der Waals surface area contributed by atoms with Crippen molar-refractivity contribution in [1.82, 2.24) is 0 Å². The second kappa shape index (κ2) is 9.94. The number of nitrogens with zero attached hydrogens (tertiary/aromatic N) is 2. The lowest BCUT2D eigenvalue weighted by atomic mass is 10.1. The minimum absolute atomic E-state index is 0.0956. The molecule has 0 saturated carbocycles. The number of benzene rings is 3. The Labute approximate surface area is 181 Å². The number of non-ortho nitro benzene ring substituents is 2. The molecule has 0 aliphatic carbocycles. The molecule has 0 N–H and O–H groups in total. The molecule has 3 aromatic rings. The van der Waals surface area contributed by atoms with E-state index in [1.165, 1.54) is 48.5 Å². The van der Waals surface area contributed by atoms with E-state index in [1.807, 2.05) is 0 Å². The Morgan fingerprint density at radius 3 is 1.66 bits per heavy atom. The van der Waals surface area contributed by atoms with Gasteiger partial charge in [-0.05, 0) is 29.8 Å². The third kappa shape index (κ3) is 5.51. The van der Waals surface area contributed by atoms with Gasteiger partial charge in [-0.15, -0.1) is 0 Å². The number of nitro groups is 2. The quantitative estimate of drug-likeness (QED) is 0.290. The van der Waals surface area contributed by atoms with Gasteiger partial charge < -0.3 is 9.47 Å². The Balaban J connectivity index is 1.72. The first-order chi connectivity index (χ1) is 15.3. The highest BCUT2D eigenvalue weighted by Gasteiger charge is 2.21. The molecule has 32 heavy (non-hydrogen) atoms. The van der Waals surface area contributed by atoms with E-state index >= 15 is 0 Å². The van der Waals surface area contributed by atoms with Crippen molar-refractivity contribution in [3.8, 4) is 0 Å². The molecule has 1 atom stereocenters. The van der Waals surface area contributed by atoms with Crippen molar-refractivity contribution in [2.75, 3.05) is 6.61 Å². The van der Waals surface area contributed by atoms with E-state index in [1.54, 1.807) is 30.3 Å². The molecule has 10 heteroatoms. The maximum Gasteiger partial charge on any atom is 0.338 e. The lowest BCUT2D eigenvalue weighted by Crippen LogP contribution is -2.19. The van der Waals surface area contributed by atoms with Crippen LogP contribution < -0.4 is 0 Å². The number of rotatable bonds is 8. The van der Waals surface area contributed by atoms with Crippen molar-refractivity contribution < 1.29 is 28.9 Å². The first-order valence-electron chi connectivity index (χ1n) is 9.27. The molecular formula is C22H16N2O8. The summed E-state index contributed by atoms with van der Waals surface area (Å²) in [6.45, 7) is -0.307. The lowest BCUT2D eigenvalue weighted by Gasteiger charge is -2.18. The van der Waals surface area contributed by atoms with Gasteiger partial charge >= 0.3 is 11.9 Å². The average Bonchev–Trinajstić information content (AvgIpc) is 2.82. The number of ether oxygens (including phenoxy) is 2. The summed E-state index contributed by atoms with van der Waals surface area (Å²) in [5.41, 5.74) is 0.431. The summed E-state index contributed by atoms with van der Waals surface area (Å²) in [5, 5.41) is 21.5. The van der Waals surface area contributed by atoms with Crippen molar-refractivity contribution in [3.05, 3.63) is 116 Å². The van der Waals surface area contributed by atoms with E-state index in [9.17, 15) is 29.8 Å². The van der Waals surface area contributed by atoms with Crippen LogP contribution in [0.3, 0.4) is 0 Å². The van der Waals surface area contributed by atoms with Gasteiger partial charge in [0.1, 0.15) is 6.61 Å². The van der Waals surface area contributed by atoms with Gasteiger partial charge in [-0.25, -0.2) is 9.59 Å². The van der Waals surface area contributed by atoms with Crippen molar-refractivity contribution in [1.29, 1.82) is 0 Å². The molecule has 0 radical (unpaired) electrons. The Hall–Kier alpha value is -4.60. The zero-order chi connectivity index (χ0) is 23.1. The number of nitro benzene ring substituents is 2. The SMILES string of the molecule is O=C(OC[C@@H](OC(=O)c1ccc([N+](=O)[O-])cc1)c1ccccc1)c1ccc([N+](=O)[O-])cc1. The summed E-state index contributed by atoms with van der Waals surface area (Å²) in [5.74, 6) is -1.49. The summed E-state index contributed by atoms with van der Waals surface area (Å²) in [7, 11) is 0. The molecule has 0 spiro atoms. The predicted molar refractivity (Wildman–Crippen MR) is 111 cm³/mol. The van der Waals surface area contributed by atoms with Crippen LogP contribution in [0.1, 0.15) is 32.4 Å². The van der Waals surface area contributed by atoms with Crippen molar-refractivity contribution in [2.45, 2.75) is 6.10 Å². The van der Waals surface area contributed by atoms with Crippen LogP contribution in [0.15, 0.2) is 78.9 Å². The maximum atomic E-state index is 12.5. The molecule has 0 amide bonds. The molecule has 0 aromatic heterocycles. The fourth-order valence-corrected chi connectivity index (χ4v) is 2.74. The summed E-state index contributed by atoms with van der Waals surface area (Å²) >= 11 is 0. The van der Waals surface area contributed by atoms with Crippen LogP contribution in [0, 0.1) is 20.2 Å². The van der Waals surface area contributed by atoms with Crippen LogP contribution in [0.4, 0.5) is 11.4 Å². The number of carbonyl (C=O) groups is 2. The summed E-state index contributed by atoms with van der Waals surface area (Å²) in [6, 6.07) is 18.4. The van der Waals surface area contributed by atoms with E-state index in [0.717, 1.165) is 0 Å². The standard InChI is InChI=1S/C22H16N2O8/c25-21(16-6-10-18(11-7-16)23(27)28)31-14-20(15-4-2-1-3-5-15)32-22(26)17-8-12-19(13-9-17)24(29)30/h1-13,20H,14H2/t20-/m1/s1. The Bertz CT molecular complexity index is 1130. The van der Waals surface area contributed by atoms with Crippen molar-refractivity contribution in [3.63, 3.8) is 0 Å². The lowest BCUT2D eigenvalue weighted by molar-refractivity contribution is -0.385. The highest BCUT2D eigenvalue weighted by atomic mass is 16.6. The number of hydrogen-bond donors (Lipinski definition) is 0. The minimum Gasteiger partial charge on any atom is -0.458 e. The van der Waals surface area contributed by atoms with Crippen LogP contribution in [0.25, 0.3) is 0 Å². The van der Waals surface area contributed by atoms with Gasteiger partial charge in [0.15, 0.2) is 6.10 Å². The Kier molecular flexibility index (Phi) is 6.86. The van der Waals surface area contributed by atoms with Gasteiger partial charge in [-0.3, -0.25) is 20.2 Å². The molecule has 0 aliphatic heterocycles. The second-order valence-corrected chi connectivity index (χ2v) is 6.51. The van der Waals surface area contributed by atoms with E-state index in [-0.39, 0.29) is 29.1 Å². The van der Waals surface area contributed by atoms with Crippen LogP contribution in [0.2, 0.25) is 0 Å². The number of carbonyl (C=O) groups excluding carboxylic acids is 2. The third-order valence-corrected chi connectivity index (χ3v) is 4.41. The average molecular weight is 436 g/mol. The summed E-state index contributed by atoms with van der Waals surface area (Å²) in [4.78, 5) is 45.2. The molecule has 3 aromatic carbocycles. The van der Waals surface area contributed by atoms with E-state index in [4.69, 9.17) is 9.47 Å². The van der Waals surface area contributed by atoms with Crippen LogP contribution >= 0.6 is 0 Å². The zero-order valence-electron chi connectivity index (χ0n) is 16.5. The molecular weight excluding hydrogens is 420 g/mol. The number of esters is 2. The molecule has 0 bridgehead atoms. The third-order valence-electron chi connectivity index (χ3n) is 4.41. The monoisotopic (exact) mass is 436 g/mol. The molecule has 0 saturated heterocycles. The normalized spacial score (nSPS) is 11.2. The van der Waals surface area contributed by atoms with E-state index in [0.29, 0.717) is 5.56 Å². The topological polar surface area (TPSA) is 139 Å². The van der Waals surface area contributed by atoms with Gasteiger partial charge in [0.2, 0.25) is 0 Å². The fraction of sp³-hybridized carbons (Fsp3) is 0.0909. The summed E-state index contributed by atoms with van der Waals surface area (Å²) in [6.07, 6.45) is -0.944. The Morgan fingerprint density at radius 2 is 1.19 bits per heavy atom. The largest absolute Gasteiger partial charge is 0.458 e. The van der Waals surface area contributed by atoms with E-state index < -0.39 is 27.9 Å². The van der Waals surface area contributed by atoms with Gasteiger partial charge in [0.25, 0.3) is 11.4 Å². The van der Waals surface area contributed by atoms with Gasteiger partial charge in [0, 0.05) is 24.3 Å². The highest BCUT2D eigenvalue weighted by Crippen LogP contribution is 2.22. The molecule has 0 heterocycles. The van der Waals surface area contributed by atoms with Gasteiger partial charge in [-0.1, -0.05) is 30.3 Å². The zero-order valence-corrected chi connectivity index (χ0v) is 16.5. The molecule has 10 nitrogen and oxygen atoms in total. The molecule has 162 valence electrons. The first kappa shape index (κ1) is 22.1. The van der Waals surface area contributed by atoms with E-state index in [2.05, 4.69) is 0 Å². The van der Waals surface area contributed by atoms with Crippen molar-refractivity contribution in [2.24, 2.45) is 0 Å². The molecule has 0 aliphatic rings. The second-order valence-electron chi connectivity index (χ2n) is 6.51. The smallest absolute Gasteiger partial charge is 0.338 e. The molecule has 0 unspecified atom stereocenters. The van der Waals surface area contributed by atoms with Gasteiger partial charge in [0.05, 0.1) is 21.0 Å². The van der Waals surface area contributed by atoms with Crippen LogP contribution in [-0.2, 0) is 9.47 Å². The fourth-order valence-electron chi connectivity index (χ4n) is 2.74. The van der Waals surface area contributed by atoms with Crippen molar-refractivity contribution >= 4 is 23.3 Å². The highest BCUT2D eigenvalue weighted by molar-refractivity contribution is 5.90. The predicted octanol–water partition coefficient (Wildman–Crippen LogP) is 4.26. The number of hydrogen-bond acceptors (Lipinski definition) is 8. The minimum atomic E-state index is -0.944. The first-order valence-corrected chi connectivity index (χ1v) is 9.27. The molecule has 3 rings (SSSR count). The summed E-state index contributed by atoms with van der Waals surface area (Å²) < 4.78 is 10.7. The molecule has 0 fully saturated rings. The van der Waals surface area contributed by atoms with Gasteiger partial charge in [-0.2, -0.15) is 0 Å². The maximum absolute atomic E-state index is 12.5. The Morgan fingerprint density at radius 1 is 0.719 bits per heavy atom. The van der Waals surface area contributed by atoms with Crippen LogP contribution in [0.5, 0.6) is 0 Å². The van der Waals surface area contributed by atoms with Crippen LogP contribution in [-0.4, -0.2) is 28.4 Å².